The molecule has 0 N–H and O–H groups in total. The molecular weight excluding hydrogens is 148 g/mol. The van der Waals surface area contributed by atoms with Crippen LogP contribution in [-0.4, -0.2) is 37.5 Å². The molecule has 4 nitrogen and oxygen atoms in total. The van der Waals surface area contributed by atoms with Gasteiger partial charge in [-0.1, -0.05) is 0 Å². The summed E-state index contributed by atoms with van der Waals surface area (Å²) >= 11 is 0. The standard InChI is InChI=1S/C7H10O4/c1-5-3-11-7(4-10-5)6(9)2-8/h2,5,7H,3-4H2,1H3. The lowest BCUT2D eigenvalue weighted by Gasteiger charge is -2.24. The van der Waals surface area contributed by atoms with Crippen molar-refractivity contribution in [1.82, 2.24) is 0 Å². The minimum absolute atomic E-state index is 0.0192. The van der Waals surface area contributed by atoms with Crippen molar-refractivity contribution in [1.29, 1.82) is 0 Å². The maximum atomic E-state index is 10.7. The Hall–Kier alpha value is -0.740. The molecule has 1 rings (SSSR count). The van der Waals surface area contributed by atoms with Crippen LogP contribution in [0.4, 0.5) is 0 Å². The van der Waals surface area contributed by atoms with Crippen LogP contribution in [0.1, 0.15) is 6.92 Å². The minimum atomic E-state index is -0.677. The highest BCUT2D eigenvalue weighted by atomic mass is 16.6. The Balaban J connectivity index is 2.38. The van der Waals surface area contributed by atoms with Crippen molar-refractivity contribution in [3.63, 3.8) is 0 Å². The lowest BCUT2D eigenvalue weighted by atomic mass is 10.2. The van der Waals surface area contributed by atoms with Gasteiger partial charge in [-0.25, -0.2) is 0 Å². The topological polar surface area (TPSA) is 52.6 Å². The van der Waals surface area contributed by atoms with Crippen LogP contribution in [0, 0.1) is 0 Å². The first kappa shape index (κ1) is 8.36. The zero-order valence-corrected chi connectivity index (χ0v) is 6.28. The molecule has 0 spiro atoms. The third-order valence-electron chi connectivity index (χ3n) is 1.50. The van der Waals surface area contributed by atoms with Crippen molar-refractivity contribution >= 4 is 12.1 Å². The highest BCUT2D eigenvalue weighted by Gasteiger charge is 2.24. The van der Waals surface area contributed by atoms with Crippen LogP contribution < -0.4 is 0 Å². The molecular formula is C7H10O4. The van der Waals surface area contributed by atoms with Gasteiger partial charge in [0.1, 0.15) is 6.10 Å². The molecule has 1 aliphatic heterocycles. The van der Waals surface area contributed by atoms with Crippen molar-refractivity contribution in [3.8, 4) is 0 Å². The Bertz CT molecular complexity index is 158. The fraction of sp³-hybridized carbons (Fsp3) is 0.714. The minimum Gasteiger partial charge on any atom is -0.373 e. The molecule has 0 aromatic rings. The van der Waals surface area contributed by atoms with Crippen LogP contribution in [-0.2, 0) is 19.1 Å². The van der Waals surface area contributed by atoms with E-state index in [0.717, 1.165) is 0 Å². The quantitative estimate of drug-likeness (QED) is 0.404. The Morgan fingerprint density at radius 1 is 1.45 bits per heavy atom. The molecule has 0 amide bonds. The number of hydrogen-bond donors (Lipinski definition) is 0. The summed E-state index contributed by atoms with van der Waals surface area (Å²) in [6, 6.07) is 0. The smallest absolute Gasteiger partial charge is 0.226 e. The molecule has 2 unspecified atom stereocenters. The van der Waals surface area contributed by atoms with Crippen molar-refractivity contribution < 1.29 is 19.1 Å². The molecule has 1 fully saturated rings. The van der Waals surface area contributed by atoms with E-state index in [1.165, 1.54) is 0 Å². The van der Waals surface area contributed by atoms with Crippen LogP contribution >= 0.6 is 0 Å². The average Bonchev–Trinajstić information content (AvgIpc) is 2.05. The summed E-state index contributed by atoms with van der Waals surface area (Å²) in [4.78, 5) is 20.7. The summed E-state index contributed by atoms with van der Waals surface area (Å²) in [7, 11) is 0. The molecule has 62 valence electrons. The van der Waals surface area contributed by atoms with Gasteiger partial charge in [0.15, 0.2) is 6.29 Å². The number of carbonyl (C=O) groups is 2. The number of ether oxygens (including phenoxy) is 2. The highest BCUT2D eigenvalue weighted by Crippen LogP contribution is 2.06. The third kappa shape index (κ3) is 2.10. The Morgan fingerprint density at radius 2 is 2.18 bits per heavy atom. The molecule has 0 aliphatic carbocycles. The summed E-state index contributed by atoms with van der Waals surface area (Å²) in [6.07, 6.45) is -0.390. The van der Waals surface area contributed by atoms with Crippen LogP contribution in [0.15, 0.2) is 0 Å². The van der Waals surface area contributed by atoms with Crippen LogP contribution in [0.2, 0.25) is 0 Å². The number of Topliss-reactive ketones (excluding diaryl/α,β-unsaturated/α-hetero) is 1. The monoisotopic (exact) mass is 158 g/mol. The second kappa shape index (κ2) is 3.59. The Morgan fingerprint density at radius 3 is 2.64 bits per heavy atom. The van der Waals surface area contributed by atoms with E-state index in [-0.39, 0.29) is 19.0 Å². The number of carbonyl (C=O) groups excluding carboxylic acids is 2. The van der Waals surface area contributed by atoms with Crippen molar-refractivity contribution in [2.24, 2.45) is 0 Å². The second-order valence-corrected chi connectivity index (χ2v) is 2.49. The van der Waals surface area contributed by atoms with Crippen molar-refractivity contribution in [3.05, 3.63) is 0 Å². The lowest BCUT2D eigenvalue weighted by molar-refractivity contribution is -0.157. The molecule has 2 atom stereocenters. The predicted molar refractivity (Wildman–Crippen MR) is 36.2 cm³/mol. The first-order valence-electron chi connectivity index (χ1n) is 3.46. The largest absolute Gasteiger partial charge is 0.373 e. The van der Waals surface area contributed by atoms with Gasteiger partial charge in [-0.15, -0.1) is 0 Å². The lowest BCUT2D eigenvalue weighted by Crippen LogP contribution is -2.39. The van der Waals surface area contributed by atoms with Crippen LogP contribution in [0.3, 0.4) is 0 Å². The molecule has 1 saturated heterocycles. The predicted octanol–water partition coefficient (Wildman–Crippen LogP) is -0.442. The molecule has 0 saturated carbocycles. The molecule has 11 heavy (non-hydrogen) atoms. The van der Waals surface area contributed by atoms with E-state index in [9.17, 15) is 9.59 Å². The number of rotatable bonds is 2. The Labute approximate surface area is 64.5 Å². The first-order valence-corrected chi connectivity index (χ1v) is 3.46. The molecule has 0 radical (unpaired) electrons. The van der Waals surface area contributed by atoms with E-state index in [4.69, 9.17) is 9.47 Å². The molecule has 1 heterocycles. The van der Waals surface area contributed by atoms with Gasteiger partial charge in [0.2, 0.25) is 5.78 Å². The van der Waals surface area contributed by atoms with E-state index < -0.39 is 11.9 Å². The average molecular weight is 158 g/mol. The van der Waals surface area contributed by atoms with Crippen molar-refractivity contribution in [2.75, 3.05) is 13.2 Å². The SMILES string of the molecule is CC1COC(C(=O)C=O)CO1. The normalized spacial score (nSPS) is 31.4. The van der Waals surface area contributed by atoms with Crippen molar-refractivity contribution in [2.45, 2.75) is 19.1 Å². The van der Waals surface area contributed by atoms with Gasteiger partial charge < -0.3 is 9.47 Å². The Kier molecular flexibility index (Phi) is 2.73. The maximum Gasteiger partial charge on any atom is 0.226 e. The summed E-state index contributed by atoms with van der Waals surface area (Å²) in [5.74, 6) is -0.545. The van der Waals surface area contributed by atoms with E-state index in [1.807, 2.05) is 6.92 Å². The second-order valence-electron chi connectivity index (χ2n) is 2.49. The zero-order valence-electron chi connectivity index (χ0n) is 6.28. The molecule has 0 bridgehead atoms. The fourth-order valence-corrected chi connectivity index (χ4v) is 0.840. The number of ketones is 1. The van der Waals surface area contributed by atoms with Gasteiger partial charge in [-0.2, -0.15) is 0 Å². The van der Waals surface area contributed by atoms with Gasteiger partial charge in [-0.05, 0) is 6.92 Å². The van der Waals surface area contributed by atoms with E-state index in [2.05, 4.69) is 0 Å². The molecule has 0 aromatic carbocycles. The zero-order chi connectivity index (χ0) is 8.27. The third-order valence-corrected chi connectivity index (χ3v) is 1.50. The highest BCUT2D eigenvalue weighted by molar-refractivity contribution is 6.27. The number of aldehydes is 1. The first-order chi connectivity index (χ1) is 5.24. The van der Waals surface area contributed by atoms with Crippen LogP contribution in [0.5, 0.6) is 0 Å². The van der Waals surface area contributed by atoms with Gasteiger partial charge in [0, 0.05) is 0 Å². The van der Waals surface area contributed by atoms with E-state index >= 15 is 0 Å². The van der Waals surface area contributed by atoms with Gasteiger partial charge in [0.05, 0.1) is 19.3 Å². The van der Waals surface area contributed by atoms with E-state index in [1.54, 1.807) is 0 Å². The fourth-order valence-electron chi connectivity index (χ4n) is 0.840. The maximum absolute atomic E-state index is 10.7. The van der Waals surface area contributed by atoms with Gasteiger partial charge in [0.25, 0.3) is 0 Å². The van der Waals surface area contributed by atoms with Gasteiger partial charge in [-0.3, -0.25) is 9.59 Å². The van der Waals surface area contributed by atoms with Crippen LogP contribution in [0.25, 0.3) is 0 Å². The summed E-state index contributed by atoms with van der Waals surface area (Å²) < 4.78 is 10.1. The summed E-state index contributed by atoms with van der Waals surface area (Å²) in [5.41, 5.74) is 0. The molecule has 1 aliphatic rings. The summed E-state index contributed by atoms with van der Waals surface area (Å²) in [5, 5.41) is 0. The number of hydrogen-bond acceptors (Lipinski definition) is 4. The van der Waals surface area contributed by atoms with E-state index in [0.29, 0.717) is 6.61 Å². The van der Waals surface area contributed by atoms with Gasteiger partial charge >= 0.3 is 0 Å². The molecule has 0 aromatic heterocycles. The molecule has 4 heteroatoms. The summed E-state index contributed by atoms with van der Waals surface area (Å²) in [6.45, 7) is 2.42.